The Labute approximate surface area is 91.9 Å². The van der Waals surface area contributed by atoms with Crippen LogP contribution in [0.1, 0.15) is 12.7 Å². The van der Waals surface area contributed by atoms with E-state index in [2.05, 4.69) is 29.9 Å². The molecule has 2 aromatic heterocycles. The van der Waals surface area contributed by atoms with Crippen molar-refractivity contribution in [3.05, 3.63) is 24.5 Å². The monoisotopic (exact) mass is 221 g/mol. The minimum absolute atomic E-state index is 0.409. The van der Waals surface area contributed by atoms with Crippen molar-refractivity contribution in [1.82, 2.24) is 20.1 Å². The quantitative estimate of drug-likeness (QED) is 0.801. The van der Waals surface area contributed by atoms with Gasteiger partial charge < -0.3 is 14.6 Å². The van der Waals surface area contributed by atoms with E-state index in [0.29, 0.717) is 30.8 Å². The minimum atomic E-state index is 0.409. The molecule has 16 heavy (non-hydrogen) atoms. The van der Waals surface area contributed by atoms with Crippen molar-refractivity contribution in [1.29, 1.82) is 0 Å². The predicted octanol–water partition coefficient (Wildman–Crippen LogP) is 0.870. The van der Waals surface area contributed by atoms with E-state index in [1.807, 2.05) is 6.92 Å². The summed E-state index contributed by atoms with van der Waals surface area (Å²) in [6, 6.07) is 1.70. The molecule has 0 saturated heterocycles. The van der Waals surface area contributed by atoms with Gasteiger partial charge >= 0.3 is 0 Å². The molecule has 84 valence electrons. The third-order valence-corrected chi connectivity index (χ3v) is 1.73. The maximum Gasteiger partial charge on any atom is 0.226 e. The molecule has 0 unspecified atom stereocenters. The molecule has 1 N–H and O–H groups in total. The number of anilines is 1. The lowest BCUT2D eigenvalue weighted by Crippen LogP contribution is -2.05. The van der Waals surface area contributed by atoms with Gasteiger partial charge in [0.2, 0.25) is 18.2 Å². The Morgan fingerprint density at radius 3 is 3.12 bits per heavy atom. The highest BCUT2D eigenvalue weighted by Gasteiger charge is 2.01. The van der Waals surface area contributed by atoms with E-state index in [1.165, 1.54) is 6.39 Å². The van der Waals surface area contributed by atoms with Gasteiger partial charge in [0.05, 0.1) is 13.2 Å². The summed E-state index contributed by atoms with van der Waals surface area (Å²) in [6.07, 6.45) is 2.89. The highest BCUT2D eigenvalue weighted by Crippen LogP contribution is 2.08. The van der Waals surface area contributed by atoms with Crippen LogP contribution >= 0.6 is 0 Å². The summed E-state index contributed by atoms with van der Waals surface area (Å²) in [6.45, 7) is 2.88. The number of nitrogens with one attached hydrogen (secondary N) is 1. The third-order valence-electron chi connectivity index (χ3n) is 1.73. The molecule has 0 radical (unpaired) electrons. The van der Waals surface area contributed by atoms with Crippen molar-refractivity contribution in [3.63, 3.8) is 0 Å². The maximum atomic E-state index is 5.24. The molecule has 7 nitrogen and oxygen atoms in total. The highest BCUT2D eigenvalue weighted by atomic mass is 16.5. The first-order valence-corrected chi connectivity index (χ1v) is 4.83. The van der Waals surface area contributed by atoms with Gasteiger partial charge in [-0.05, 0) is 6.92 Å². The van der Waals surface area contributed by atoms with E-state index >= 15 is 0 Å². The summed E-state index contributed by atoms with van der Waals surface area (Å²) < 4.78 is 9.84. The molecule has 0 spiro atoms. The first-order valence-electron chi connectivity index (χ1n) is 4.83. The second kappa shape index (κ2) is 5.06. The standard InChI is InChI=1S/C9H11N5O2/c1-2-15-8-3-4-10-9(13-8)11-5-7-12-6-16-14-7/h3-4,6H,2,5H2,1H3,(H,10,11,13). The molecule has 2 rings (SSSR count). The molecule has 0 aliphatic heterocycles. The zero-order valence-electron chi connectivity index (χ0n) is 8.75. The average molecular weight is 221 g/mol. The molecule has 2 aromatic rings. The van der Waals surface area contributed by atoms with Gasteiger partial charge in [-0.15, -0.1) is 0 Å². The topological polar surface area (TPSA) is 86.0 Å². The van der Waals surface area contributed by atoms with Crippen LogP contribution in [-0.2, 0) is 6.54 Å². The lowest BCUT2D eigenvalue weighted by Gasteiger charge is -2.04. The van der Waals surface area contributed by atoms with Crippen LogP contribution in [0, 0.1) is 0 Å². The maximum absolute atomic E-state index is 5.24. The summed E-state index contributed by atoms with van der Waals surface area (Å²) in [5.41, 5.74) is 0. The zero-order chi connectivity index (χ0) is 11.2. The Kier molecular flexibility index (Phi) is 3.27. The van der Waals surface area contributed by atoms with E-state index in [1.54, 1.807) is 12.3 Å². The van der Waals surface area contributed by atoms with Crippen molar-refractivity contribution in [2.75, 3.05) is 11.9 Å². The van der Waals surface area contributed by atoms with Gasteiger partial charge in [-0.2, -0.15) is 9.97 Å². The number of ether oxygens (including phenoxy) is 1. The van der Waals surface area contributed by atoms with Gasteiger partial charge in [0.1, 0.15) is 0 Å². The number of nitrogens with zero attached hydrogens (tertiary/aromatic N) is 4. The Morgan fingerprint density at radius 1 is 1.44 bits per heavy atom. The smallest absolute Gasteiger partial charge is 0.226 e. The summed E-state index contributed by atoms with van der Waals surface area (Å²) in [4.78, 5) is 12.0. The van der Waals surface area contributed by atoms with Gasteiger partial charge in [0.15, 0.2) is 5.82 Å². The van der Waals surface area contributed by atoms with Crippen LogP contribution < -0.4 is 10.1 Å². The van der Waals surface area contributed by atoms with Crippen LogP contribution in [0.3, 0.4) is 0 Å². The van der Waals surface area contributed by atoms with Crippen molar-refractivity contribution >= 4 is 5.95 Å². The lowest BCUT2D eigenvalue weighted by atomic mass is 10.6. The van der Waals surface area contributed by atoms with Gasteiger partial charge in [0, 0.05) is 12.3 Å². The molecule has 0 saturated carbocycles. The van der Waals surface area contributed by atoms with Crippen LogP contribution in [0.2, 0.25) is 0 Å². The van der Waals surface area contributed by atoms with Gasteiger partial charge in [-0.3, -0.25) is 0 Å². The second-order valence-corrected chi connectivity index (χ2v) is 2.85. The van der Waals surface area contributed by atoms with E-state index in [9.17, 15) is 0 Å². The molecule has 0 aliphatic rings. The van der Waals surface area contributed by atoms with Crippen LogP contribution in [0.15, 0.2) is 23.2 Å². The highest BCUT2D eigenvalue weighted by molar-refractivity contribution is 5.27. The van der Waals surface area contributed by atoms with Crippen molar-refractivity contribution in [2.24, 2.45) is 0 Å². The predicted molar refractivity (Wildman–Crippen MR) is 54.8 cm³/mol. The summed E-state index contributed by atoms with van der Waals surface area (Å²) >= 11 is 0. The molecule has 2 heterocycles. The van der Waals surface area contributed by atoms with E-state index in [0.717, 1.165) is 0 Å². The van der Waals surface area contributed by atoms with Crippen molar-refractivity contribution in [2.45, 2.75) is 13.5 Å². The Bertz CT molecular complexity index is 431. The Morgan fingerprint density at radius 2 is 2.38 bits per heavy atom. The Balaban J connectivity index is 1.96. The number of aromatic nitrogens is 4. The van der Waals surface area contributed by atoms with Gasteiger partial charge in [-0.1, -0.05) is 5.16 Å². The van der Waals surface area contributed by atoms with E-state index in [-0.39, 0.29) is 0 Å². The van der Waals surface area contributed by atoms with E-state index in [4.69, 9.17) is 4.74 Å². The average Bonchev–Trinajstić information content (AvgIpc) is 2.80. The third kappa shape index (κ3) is 2.66. The Hall–Kier alpha value is -2.18. The largest absolute Gasteiger partial charge is 0.478 e. The number of hydrogen-bond donors (Lipinski definition) is 1. The molecular formula is C9H11N5O2. The summed E-state index contributed by atoms with van der Waals surface area (Å²) in [5.74, 6) is 1.55. The molecule has 0 aromatic carbocycles. The molecule has 0 atom stereocenters. The zero-order valence-corrected chi connectivity index (χ0v) is 8.75. The van der Waals surface area contributed by atoms with Crippen LogP contribution in [0.25, 0.3) is 0 Å². The SMILES string of the molecule is CCOc1ccnc(NCc2ncon2)n1. The lowest BCUT2D eigenvalue weighted by molar-refractivity contribution is 0.326. The number of hydrogen-bond acceptors (Lipinski definition) is 7. The van der Waals surface area contributed by atoms with Crippen molar-refractivity contribution < 1.29 is 9.26 Å². The number of rotatable bonds is 5. The fourth-order valence-corrected chi connectivity index (χ4v) is 1.08. The fraction of sp³-hybridized carbons (Fsp3) is 0.333. The summed E-state index contributed by atoms with van der Waals surface area (Å²) in [5, 5.41) is 6.61. The second-order valence-electron chi connectivity index (χ2n) is 2.85. The molecule has 7 heteroatoms. The normalized spacial score (nSPS) is 10.1. The van der Waals surface area contributed by atoms with Gasteiger partial charge in [0.25, 0.3) is 0 Å². The minimum Gasteiger partial charge on any atom is -0.478 e. The van der Waals surface area contributed by atoms with Crippen LogP contribution in [0.5, 0.6) is 5.88 Å². The first kappa shape index (κ1) is 10.3. The van der Waals surface area contributed by atoms with Gasteiger partial charge in [-0.25, -0.2) is 4.98 Å². The van der Waals surface area contributed by atoms with Crippen LogP contribution in [-0.4, -0.2) is 26.7 Å². The summed E-state index contributed by atoms with van der Waals surface area (Å²) in [7, 11) is 0. The van der Waals surface area contributed by atoms with Crippen LogP contribution in [0.4, 0.5) is 5.95 Å². The first-order chi connectivity index (χ1) is 7.88. The molecular weight excluding hydrogens is 210 g/mol. The fourth-order valence-electron chi connectivity index (χ4n) is 1.08. The molecule has 0 bridgehead atoms. The molecule has 0 fully saturated rings. The molecule has 0 amide bonds. The van der Waals surface area contributed by atoms with E-state index < -0.39 is 0 Å². The molecule has 0 aliphatic carbocycles. The van der Waals surface area contributed by atoms with Crippen molar-refractivity contribution in [3.8, 4) is 5.88 Å².